The van der Waals surface area contributed by atoms with E-state index in [4.69, 9.17) is 0 Å². The molecule has 19 heavy (non-hydrogen) atoms. The number of rotatable bonds is 6. The quantitative estimate of drug-likeness (QED) is 0.801. The summed E-state index contributed by atoms with van der Waals surface area (Å²) in [7, 11) is 1.25. The number of amides is 1. The van der Waals surface area contributed by atoms with Crippen molar-refractivity contribution in [2.24, 2.45) is 0 Å². The van der Waals surface area contributed by atoms with Crippen LogP contribution in [-0.4, -0.2) is 36.0 Å². The fourth-order valence-electron chi connectivity index (χ4n) is 1.63. The number of benzene rings is 1. The molecule has 1 amide bonds. The van der Waals surface area contributed by atoms with Crippen LogP contribution in [0.5, 0.6) is 5.75 Å². The molecule has 1 aromatic rings. The van der Waals surface area contributed by atoms with E-state index in [9.17, 15) is 23.5 Å². The maximum Gasteiger partial charge on any atom is 0.387 e. The number of ether oxygens (including phenoxy) is 1. The molecule has 0 bridgehead atoms. The van der Waals surface area contributed by atoms with Gasteiger partial charge in [0.1, 0.15) is 5.75 Å². The van der Waals surface area contributed by atoms with Gasteiger partial charge in [-0.05, 0) is 13.0 Å². The SMILES string of the molecule is CN(C=O)C(C)(C(=O)O)c1ccccc1OC(F)F. The molecule has 0 aliphatic carbocycles. The van der Waals surface area contributed by atoms with Gasteiger partial charge in [-0.25, -0.2) is 4.79 Å². The number of alkyl halides is 2. The highest BCUT2D eigenvalue weighted by atomic mass is 19.3. The Morgan fingerprint density at radius 3 is 2.53 bits per heavy atom. The third-order valence-electron chi connectivity index (χ3n) is 2.91. The summed E-state index contributed by atoms with van der Waals surface area (Å²) in [5.74, 6) is -1.64. The molecule has 1 rings (SSSR count). The van der Waals surface area contributed by atoms with Crippen LogP contribution < -0.4 is 4.74 Å². The van der Waals surface area contributed by atoms with E-state index in [1.165, 1.54) is 38.2 Å². The number of halogens is 2. The summed E-state index contributed by atoms with van der Waals surface area (Å²) in [6, 6.07) is 5.46. The summed E-state index contributed by atoms with van der Waals surface area (Å²) in [4.78, 5) is 23.1. The molecule has 0 spiro atoms. The molecule has 1 N–H and O–H groups in total. The molecule has 0 aromatic heterocycles. The number of nitrogens with zero attached hydrogens (tertiary/aromatic N) is 1. The summed E-state index contributed by atoms with van der Waals surface area (Å²) in [6.07, 6.45) is 0.313. The van der Waals surface area contributed by atoms with Gasteiger partial charge < -0.3 is 14.7 Å². The Balaban J connectivity index is 3.39. The molecule has 104 valence electrons. The lowest BCUT2D eigenvalue weighted by Crippen LogP contribution is -2.47. The van der Waals surface area contributed by atoms with E-state index >= 15 is 0 Å². The molecule has 0 heterocycles. The third kappa shape index (κ3) is 2.81. The normalized spacial score (nSPS) is 13.7. The first-order chi connectivity index (χ1) is 8.83. The summed E-state index contributed by atoms with van der Waals surface area (Å²) in [5.41, 5.74) is -1.83. The summed E-state index contributed by atoms with van der Waals surface area (Å²) in [5, 5.41) is 9.30. The first-order valence-electron chi connectivity index (χ1n) is 5.30. The van der Waals surface area contributed by atoms with Gasteiger partial charge in [-0.15, -0.1) is 0 Å². The number of hydrogen-bond acceptors (Lipinski definition) is 3. The molecule has 7 heteroatoms. The number of hydrogen-bond donors (Lipinski definition) is 1. The second-order valence-electron chi connectivity index (χ2n) is 3.97. The van der Waals surface area contributed by atoms with Crippen LogP contribution in [0.4, 0.5) is 8.78 Å². The van der Waals surface area contributed by atoms with Gasteiger partial charge in [0.15, 0.2) is 5.54 Å². The Kier molecular flexibility index (Phi) is 4.42. The second-order valence-corrected chi connectivity index (χ2v) is 3.97. The van der Waals surface area contributed by atoms with Gasteiger partial charge in [-0.2, -0.15) is 8.78 Å². The number of aliphatic carboxylic acids is 1. The van der Waals surface area contributed by atoms with Gasteiger partial charge in [0, 0.05) is 12.6 Å². The van der Waals surface area contributed by atoms with Gasteiger partial charge in [0.2, 0.25) is 6.41 Å². The number of carboxylic acids is 1. The molecule has 1 atom stereocenters. The minimum Gasteiger partial charge on any atom is -0.479 e. The number of likely N-dealkylation sites (N-methyl/N-ethyl adjacent to an activating group) is 1. The molecular weight excluding hydrogens is 260 g/mol. The predicted octanol–water partition coefficient (Wildman–Crippen LogP) is 1.68. The van der Waals surface area contributed by atoms with Gasteiger partial charge in [-0.3, -0.25) is 4.79 Å². The van der Waals surface area contributed by atoms with Gasteiger partial charge in [0.05, 0.1) is 0 Å². The van der Waals surface area contributed by atoms with E-state index in [0.29, 0.717) is 6.41 Å². The maximum atomic E-state index is 12.3. The predicted molar refractivity (Wildman–Crippen MR) is 61.9 cm³/mol. The lowest BCUT2D eigenvalue weighted by molar-refractivity contribution is -0.153. The van der Waals surface area contributed by atoms with Crippen molar-refractivity contribution in [3.8, 4) is 5.75 Å². The molecule has 0 saturated heterocycles. The highest BCUT2D eigenvalue weighted by molar-refractivity contribution is 5.83. The van der Waals surface area contributed by atoms with E-state index in [1.807, 2.05) is 0 Å². The molecule has 0 aliphatic heterocycles. The zero-order valence-corrected chi connectivity index (χ0v) is 10.3. The average molecular weight is 273 g/mol. The standard InChI is InChI=1S/C12H13F2NO4/c1-12(10(17)18,15(2)7-16)8-5-3-4-6-9(8)19-11(13)14/h3-7,11H,1-2H3,(H,17,18). The summed E-state index contributed by atoms with van der Waals surface area (Å²) in [6.45, 7) is -1.85. The smallest absolute Gasteiger partial charge is 0.387 e. The molecule has 1 unspecified atom stereocenters. The van der Waals surface area contributed by atoms with Gasteiger partial charge in [0.25, 0.3) is 0 Å². The van der Waals surface area contributed by atoms with E-state index in [-0.39, 0.29) is 11.3 Å². The van der Waals surface area contributed by atoms with Crippen molar-refractivity contribution in [2.75, 3.05) is 7.05 Å². The molecule has 0 fully saturated rings. The zero-order valence-electron chi connectivity index (χ0n) is 10.3. The van der Waals surface area contributed by atoms with E-state index < -0.39 is 18.1 Å². The lowest BCUT2D eigenvalue weighted by atomic mass is 9.90. The minimum atomic E-state index is -3.08. The van der Waals surface area contributed by atoms with E-state index in [0.717, 1.165) is 4.90 Å². The maximum absolute atomic E-state index is 12.3. The summed E-state index contributed by atoms with van der Waals surface area (Å²) >= 11 is 0. The van der Waals surface area contributed by atoms with E-state index in [2.05, 4.69) is 4.74 Å². The number of carboxylic acid groups (broad SMARTS) is 1. The highest BCUT2D eigenvalue weighted by Gasteiger charge is 2.41. The van der Waals surface area contributed by atoms with Crippen LogP contribution >= 0.6 is 0 Å². The fourth-order valence-corrected chi connectivity index (χ4v) is 1.63. The first-order valence-corrected chi connectivity index (χ1v) is 5.30. The Bertz CT molecular complexity index is 481. The van der Waals surface area contributed by atoms with E-state index in [1.54, 1.807) is 0 Å². The molecule has 0 radical (unpaired) electrons. The first kappa shape index (κ1) is 14.9. The largest absolute Gasteiger partial charge is 0.479 e. The number of carbonyl (C=O) groups excluding carboxylic acids is 1. The van der Waals surface area contributed by atoms with Crippen LogP contribution in [0.15, 0.2) is 24.3 Å². The van der Waals surface area contributed by atoms with Crippen LogP contribution in [0.1, 0.15) is 12.5 Å². The van der Waals surface area contributed by atoms with Crippen LogP contribution in [-0.2, 0) is 15.1 Å². The van der Waals surface area contributed by atoms with Gasteiger partial charge in [-0.1, -0.05) is 18.2 Å². The summed E-state index contributed by atoms with van der Waals surface area (Å²) < 4.78 is 28.9. The average Bonchev–Trinajstić information content (AvgIpc) is 2.36. The fraction of sp³-hybridized carbons (Fsp3) is 0.333. The molecule has 5 nitrogen and oxygen atoms in total. The van der Waals surface area contributed by atoms with Crippen molar-refractivity contribution in [3.63, 3.8) is 0 Å². The van der Waals surface area contributed by atoms with Crippen LogP contribution in [0, 0.1) is 0 Å². The minimum absolute atomic E-state index is 0.0302. The topological polar surface area (TPSA) is 66.8 Å². The Hall–Kier alpha value is -2.18. The van der Waals surface area contributed by atoms with Crippen LogP contribution in [0.3, 0.4) is 0 Å². The Labute approximate surface area is 108 Å². The highest BCUT2D eigenvalue weighted by Crippen LogP contribution is 2.34. The van der Waals surface area contributed by atoms with Gasteiger partial charge >= 0.3 is 12.6 Å². The van der Waals surface area contributed by atoms with Crippen LogP contribution in [0.2, 0.25) is 0 Å². The number of para-hydroxylation sites is 1. The second kappa shape index (κ2) is 5.64. The van der Waals surface area contributed by atoms with Crippen molar-refractivity contribution in [1.29, 1.82) is 0 Å². The van der Waals surface area contributed by atoms with Crippen LogP contribution in [0.25, 0.3) is 0 Å². The lowest BCUT2D eigenvalue weighted by Gasteiger charge is -2.33. The molecule has 1 aromatic carbocycles. The van der Waals surface area contributed by atoms with Crippen molar-refractivity contribution in [1.82, 2.24) is 4.90 Å². The third-order valence-corrected chi connectivity index (χ3v) is 2.91. The number of carbonyl (C=O) groups is 2. The van der Waals surface area contributed by atoms with Crippen molar-refractivity contribution in [2.45, 2.75) is 19.1 Å². The zero-order chi connectivity index (χ0) is 14.6. The monoisotopic (exact) mass is 273 g/mol. The van der Waals surface area contributed by atoms with Crippen molar-refractivity contribution in [3.05, 3.63) is 29.8 Å². The molecular formula is C12H13F2NO4. The Morgan fingerprint density at radius 1 is 1.47 bits per heavy atom. The molecule has 0 aliphatic rings. The molecule has 0 saturated carbocycles. The Morgan fingerprint density at radius 2 is 2.05 bits per heavy atom. The van der Waals surface area contributed by atoms with Crippen molar-refractivity contribution >= 4 is 12.4 Å². The van der Waals surface area contributed by atoms with Crippen molar-refractivity contribution < 1.29 is 28.2 Å².